The van der Waals surface area contributed by atoms with Gasteiger partial charge < -0.3 is 14.2 Å². The number of nitrogens with zero attached hydrogens (tertiary/aromatic N) is 2. The maximum absolute atomic E-state index is 13.0. The predicted octanol–water partition coefficient (Wildman–Crippen LogP) is 5.56. The van der Waals surface area contributed by atoms with Gasteiger partial charge in [-0.25, -0.2) is 9.36 Å². The van der Waals surface area contributed by atoms with E-state index in [9.17, 15) is 4.79 Å². The zero-order valence-corrected chi connectivity index (χ0v) is 17.5. The van der Waals surface area contributed by atoms with Gasteiger partial charge >= 0.3 is 6.09 Å². The van der Waals surface area contributed by atoms with Gasteiger partial charge in [-0.05, 0) is 38.5 Å². The minimum Gasteiger partial charge on any atom is -0.493 e. The first-order chi connectivity index (χ1) is 14.4. The van der Waals surface area contributed by atoms with E-state index in [2.05, 4.69) is 4.98 Å². The van der Waals surface area contributed by atoms with Crippen LogP contribution >= 0.6 is 0 Å². The first-order valence-corrected chi connectivity index (χ1v) is 9.73. The molecule has 6 nitrogen and oxygen atoms in total. The molecule has 0 unspecified atom stereocenters. The topological polar surface area (TPSA) is 62.6 Å². The van der Waals surface area contributed by atoms with Gasteiger partial charge in [0, 0.05) is 23.0 Å². The SMILES string of the molecule is COc1cc2c3ccncc3n(C(=O)OC(C)(C)C)c2cc1OCc1ccccc1. The molecule has 0 spiro atoms. The summed E-state index contributed by atoms with van der Waals surface area (Å²) in [7, 11) is 1.60. The van der Waals surface area contributed by atoms with Gasteiger partial charge in [-0.1, -0.05) is 30.3 Å². The fourth-order valence-electron chi connectivity index (χ4n) is 3.38. The van der Waals surface area contributed by atoms with Gasteiger partial charge in [0.2, 0.25) is 0 Å². The lowest BCUT2D eigenvalue weighted by atomic mass is 10.1. The molecular weight excluding hydrogens is 380 g/mol. The van der Waals surface area contributed by atoms with Crippen molar-refractivity contribution in [3.05, 3.63) is 66.5 Å². The molecule has 2 aromatic carbocycles. The maximum Gasteiger partial charge on any atom is 0.419 e. The van der Waals surface area contributed by atoms with Crippen LogP contribution in [-0.2, 0) is 11.3 Å². The first-order valence-electron chi connectivity index (χ1n) is 9.73. The smallest absolute Gasteiger partial charge is 0.419 e. The van der Waals surface area contributed by atoms with Gasteiger partial charge in [0.05, 0.1) is 24.3 Å². The molecule has 30 heavy (non-hydrogen) atoms. The van der Waals surface area contributed by atoms with Crippen molar-refractivity contribution < 1.29 is 19.0 Å². The number of aromatic nitrogens is 2. The molecule has 0 N–H and O–H groups in total. The van der Waals surface area contributed by atoms with Crippen molar-refractivity contribution in [3.63, 3.8) is 0 Å². The van der Waals surface area contributed by atoms with Crippen molar-refractivity contribution in [2.45, 2.75) is 33.0 Å². The van der Waals surface area contributed by atoms with Crippen LogP contribution in [-0.4, -0.2) is 28.4 Å². The Kier molecular flexibility index (Phi) is 5.08. The van der Waals surface area contributed by atoms with Crippen molar-refractivity contribution >= 4 is 27.9 Å². The Morgan fingerprint density at radius 3 is 2.47 bits per heavy atom. The average Bonchev–Trinajstić information content (AvgIpc) is 3.04. The molecule has 0 aliphatic carbocycles. The molecule has 6 heteroatoms. The Labute approximate surface area is 175 Å². The van der Waals surface area contributed by atoms with E-state index in [1.165, 1.54) is 4.57 Å². The summed E-state index contributed by atoms with van der Waals surface area (Å²) in [5, 5.41) is 1.75. The predicted molar refractivity (Wildman–Crippen MR) is 116 cm³/mol. The molecule has 2 aromatic heterocycles. The fraction of sp³-hybridized carbons (Fsp3) is 0.250. The second kappa shape index (κ2) is 7.71. The third kappa shape index (κ3) is 3.81. The Morgan fingerprint density at radius 2 is 1.77 bits per heavy atom. The summed E-state index contributed by atoms with van der Waals surface area (Å²) in [6.45, 7) is 5.91. The highest BCUT2D eigenvalue weighted by Crippen LogP contribution is 2.38. The summed E-state index contributed by atoms with van der Waals surface area (Å²) in [4.78, 5) is 17.2. The lowest BCUT2D eigenvalue weighted by molar-refractivity contribution is 0.0551. The third-order valence-corrected chi connectivity index (χ3v) is 4.67. The molecule has 0 aliphatic heterocycles. The van der Waals surface area contributed by atoms with Crippen LogP contribution in [0.3, 0.4) is 0 Å². The molecule has 0 saturated heterocycles. The molecule has 0 radical (unpaired) electrons. The van der Waals surface area contributed by atoms with Gasteiger partial charge in [-0.2, -0.15) is 0 Å². The van der Waals surface area contributed by atoms with Crippen LogP contribution in [0.1, 0.15) is 26.3 Å². The summed E-state index contributed by atoms with van der Waals surface area (Å²) >= 11 is 0. The monoisotopic (exact) mass is 404 g/mol. The second-order valence-corrected chi connectivity index (χ2v) is 8.00. The van der Waals surface area contributed by atoms with Crippen LogP contribution in [0.5, 0.6) is 11.5 Å². The van der Waals surface area contributed by atoms with Crippen molar-refractivity contribution in [3.8, 4) is 11.5 Å². The van der Waals surface area contributed by atoms with Gasteiger partial charge in [0.25, 0.3) is 0 Å². The van der Waals surface area contributed by atoms with E-state index in [1.54, 1.807) is 19.5 Å². The van der Waals surface area contributed by atoms with Crippen LogP contribution in [0.25, 0.3) is 21.8 Å². The Bertz CT molecular complexity index is 1210. The van der Waals surface area contributed by atoms with Crippen molar-refractivity contribution in [1.29, 1.82) is 0 Å². The van der Waals surface area contributed by atoms with Crippen LogP contribution < -0.4 is 9.47 Å². The normalized spacial score (nSPS) is 11.6. The number of pyridine rings is 1. The molecule has 0 amide bonds. The zero-order valence-electron chi connectivity index (χ0n) is 17.5. The highest BCUT2D eigenvalue weighted by molar-refractivity contribution is 6.13. The number of benzene rings is 2. The Balaban J connectivity index is 1.85. The molecule has 4 aromatic rings. The van der Waals surface area contributed by atoms with E-state index >= 15 is 0 Å². The van der Waals surface area contributed by atoms with Crippen molar-refractivity contribution in [1.82, 2.24) is 9.55 Å². The van der Waals surface area contributed by atoms with Crippen LogP contribution in [0, 0.1) is 0 Å². The number of rotatable bonds is 4. The molecule has 0 aliphatic rings. The molecule has 0 saturated carbocycles. The first kappa shape index (κ1) is 19.8. The van der Waals surface area contributed by atoms with Gasteiger partial charge in [0.15, 0.2) is 11.5 Å². The van der Waals surface area contributed by atoms with Crippen molar-refractivity contribution in [2.75, 3.05) is 7.11 Å². The summed E-state index contributed by atoms with van der Waals surface area (Å²) in [5.41, 5.74) is 1.76. The van der Waals surface area contributed by atoms with Crippen LogP contribution in [0.4, 0.5) is 4.79 Å². The molecule has 4 rings (SSSR count). The highest BCUT2D eigenvalue weighted by Gasteiger charge is 2.24. The van der Waals surface area contributed by atoms with E-state index in [0.717, 1.165) is 16.3 Å². The Morgan fingerprint density at radius 1 is 1.00 bits per heavy atom. The minimum absolute atomic E-state index is 0.386. The highest BCUT2D eigenvalue weighted by atomic mass is 16.6. The molecule has 0 atom stereocenters. The third-order valence-electron chi connectivity index (χ3n) is 4.67. The number of hydrogen-bond donors (Lipinski definition) is 0. The quantitative estimate of drug-likeness (QED) is 0.446. The molecule has 0 bridgehead atoms. The number of carbonyl (C=O) groups is 1. The number of hydrogen-bond acceptors (Lipinski definition) is 5. The second-order valence-electron chi connectivity index (χ2n) is 8.00. The van der Waals surface area contributed by atoms with Gasteiger partial charge in [-0.15, -0.1) is 0 Å². The Hall–Kier alpha value is -3.54. The lowest BCUT2D eigenvalue weighted by Gasteiger charge is -2.20. The van der Waals surface area contributed by atoms with Crippen LogP contribution in [0.2, 0.25) is 0 Å². The van der Waals surface area contributed by atoms with E-state index in [-0.39, 0.29) is 0 Å². The summed E-state index contributed by atoms with van der Waals surface area (Å²) in [6.07, 6.45) is 2.90. The number of carbonyl (C=O) groups excluding carboxylic acids is 1. The standard InChI is InChI=1S/C24H24N2O4/c1-24(2,3)30-23(27)26-19-13-22(29-15-16-8-6-5-7-9-16)21(28-4)12-18(19)17-10-11-25-14-20(17)26/h5-14H,15H2,1-4H3. The summed E-state index contributed by atoms with van der Waals surface area (Å²) < 4.78 is 18.8. The van der Waals surface area contributed by atoms with Gasteiger partial charge in [-0.3, -0.25) is 4.98 Å². The van der Waals surface area contributed by atoms with E-state index in [1.807, 2.05) is 69.3 Å². The summed E-state index contributed by atoms with van der Waals surface area (Å²) in [6, 6.07) is 15.5. The average molecular weight is 404 g/mol. The summed E-state index contributed by atoms with van der Waals surface area (Å²) in [5.74, 6) is 1.15. The lowest BCUT2D eigenvalue weighted by Crippen LogP contribution is -2.27. The fourth-order valence-corrected chi connectivity index (χ4v) is 3.38. The van der Waals surface area contributed by atoms with Gasteiger partial charge in [0.1, 0.15) is 12.2 Å². The maximum atomic E-state index is 13.0. The van der Waals surface area contributed by atoms with Crippen molar-refractivity contribution in [2.24, 2.45) is 0 Å². The molecule has 154 valence electrons. The van der Waals surface area contributed by atoms with E-state index in [4.69, 9.17) is 14.2 Å². The number of methoxy groups -OCH3 is 1. The van der Waals surface area contributed by atoms with E-state index in [0.29, 0.717) is 29.1 Å². The molecular formula is C24H24N2O4. The molecule has 0 fully saturated rings. The number of ether oxygens (including phenoxy) is 3. The molecule has 2 heterocycles. The number of fused-ring (bicyclic) bond motifs is 3. The largest absolute Gasteiger partial charge is 0.493 e. The zero-order chi connectivity index (χ0) is 21.3. The minimum atomic E-state index is -0.624. The van der Waals surface area contributed by atoms with Crippen LogP contribution in [0.15, 0.2) is 60.9 Å². The van der Waals surface area contributed by atoms with E-state index < -0.39 is 11.7 Å².